The fraction of sp³-hybridized carbons (Fsp3) is 0.611. The Hall–Kier alpha value is -1.55. The summed E-state index contributed by atoms with van der Waals surface area (Å²) in [5, 5.41) is 6.31. The van der Waals surface area contributed by atoms with Crippen molar-refractivity contribution in [3.63, 3.8) is 0 Å². The van der Waals surface area contributed by atoms with Crippen LogP contribution in [0.2, 0.25) is 0 Å². The molecule has 0 radical (unpaired) electrons. The molecule has 4 heteroatoms. The van der Waals surface area contributed by atoms with Gasteiger partial charge in [0.05, 0.1) is 0 Å². The van der Waals surface area contributed by atoms with E-state index in [0.717, 1.165) is 24.9 Å². The highest BCUT2D eigenvalue weighted by atomic mass is 16.6. The third-order valence-electron chi connectivity index (χ3n) is 3.44. The molecular formula is C18H30N2O2. The number of hydrogen-bond donors (Lipinski definition) is 2. The van der Waals surface area contributed by atoms with Crippen LogP contribution in [0.4, 0.5) is 4.79 Å². The molecule has 0 spiro atoms. The zero-order valence-corrected chi connectivity index (χ0v) is 14.5. The highest BCUT2D eigenvalue weighted by Crippen LogP contribution is 2.08. The highest BCUT2D eigenvalue weighted by Gasteiger charge is 2.15. The van der Waals surface area contributed by atoms with E-state index in [1.807, 2.05) is 32.9 Å². The number of ether oxygens (including phenoxy) is 1. The number of nitrogens with one attached hydrogen (secondary N) is 2. The first-order valence-corrected chi connectivity index (χ1v) is 8.12. The van der Waals surface area contributed by atoms with E-state index in [9.17, 15) is 4.79 Å². The molecule has 1 amide bonds. The lowest BCUT2D eigenvalue weighted by Gasteiger charge is -2.19. The molecule has 0 saturated heterocycles. The molecule has 0 bridgehead atoms. The minimum Gasteiger partial charge on any atom is -0.444 e. The van der Waals surface area contributed by atoms with E-state index in [4.69, 9.17) is 4.74 Å². The summed E-state index contributed by atoms with van der Waals surface area (Å²) in [4.78, 5) is 11.6. The van der Waals surface area contributed by atoms with Gasteiger partial charge in [0.15, 0.2) is 0 Å². The first-order chi connectivity index (χ1) is 10.3. The van der Waals surface area contributed by atoms with Gasteiger partial charge in [-0.2, -0.15) is 0 Å². The maximum Gasteiger partial charge on any atom is 0.407 e. The second-order valence-electron chi connectivity index (χ2n) is 6.57. The molecule has 124 valence electrons. The Kier molecular flexibility index (Phi) is 7.39. The predicted molar refractivity (Wildman–Crippen MR) is 90.7 cm³/mol. The average Bonchev–Trinajstić information content (AvgIpc) is 2.45. The number of hydrogen-bond acceptors (Lipinski definition) is 3. The van der Waals surface area contributed by atoms with Crippen LogP contribution in [0.15, 0.2) is 24.3 Å². The van der Waals surface area contributed by atoms with E-state index in [1.54, 1.807) is 0 Å². The quantitative estimate of drug-likeness (QED) is 0.801. The molecule has 1 aromatic carbocycles. The second-order valence-corrected chi connectivity index (χ2v) is 6.57. The number of amides is 1. The molecule has 0 aliphatic rings. The van der Waals surface area contributed by atoms with Crippen LogP contribution < -0.4 is 10.6 Å². The lowest BCUT2D eigenvalue weighted by atomic mass is 10.1. The smallest absolute Gasteiger partial charge is 0.407 e. The van der Waals surface area contributed by atoms with Gasteiger partial charge in [-0.05, 0) is 44.7 Å². The Morgan fingerprint density at radius 3 is 2.00 bits per heavy atom. The number of carbonyl (C=O) groups excluding carboxylic acids is 1. The van der Waals surface area contributed by atoms with Gasteiger partial charge in [0.1, 0.15) is 5.60 Å². The van der Waals surface area contributed by atoms with E-state index in [2.05, 4.69) is 36.6 Å². The Morgan fingerprint density at radius 1 is 1.05 bits per heavy atom. The van der Waals surface area contributed by atoms with Crippen molar-refractivity contribution in [1.82, 2.24) is 10.6 Å². The summed E-state index contributed by atoms with van der Waals surface area (Å²) in [5.74, 6) is 0. The monoisotopic (exact) mass is 306 g/mol. The van der Waals surface area contributed by atoms with E-state index >= 15 is 0 Å². The van der Waals surface area contributed by atoms with Crippen molar-refractivity contribution in [3.05, 3.63) is 35.4 Å². The number of rotatable bonds is 7. The minimum atomic E-state index is -0.464. The molecule has 0 atom stereocenters. The van der Waals surface area contributed by atoms with Gasteiger partial charge in [0, 0.05) is 19.1 Å². The van der Waals surface area contributed by atoms with Gasteiger partial charge < -0.3 is 15.4 Å². The van der Waals surface area contributed by atoms with Gasteiger partial charge in [0.2, 0.25) is 0 Å². The Morgan fingerprint density at radius 2 is 1.55 bits per heavy atom. The zero-order chi connectivity index (χ0) is 16.6. The van der Waals surface area contributed by atoms with Crippen LogP contribution in [0.3, 0.4) is 0 Å². The molecule has 0 heterocycles. The summed E-state index contributed by atoms with van der Waals surface area (Å²) in [5.41, 5.74) is 1.86. The lowest BCUT2D eigenvalue weighted by molar-refractivity contribution is 0.0523. The zero-order valence-electron chi connectivity index (χ0n) is 14.5. The maximum atomic E-state index is 11.6. The van der Waals surface area contributed by atoms with Gasteiger partial charge >= 0.3 is 6.09 Å². The first kappa shape index (κ1) is 18.5. The lowest BCUT2D eigenvalue weighted by Crippen LogP contribution is -2.32. The van der Waals surface area contributed by atoms with Crippen LogP contribution in [0.5, 0.6) is 0 Å². The van der Waals surface area contributed by atoms with Gasteiger partial charge in [-0.25, -0.2) is 4.79 Å². The standard InChI is InChI=1S/C18H30N2O2/c1-6-16(7-2)19-12-14-8-10-15(11-9-14)13-20-17(21)22-18(3,4)5/h8-11,16,19H,6-7,12-13H2,1-5H3,(H,20,21). The summed E-state index contributed by atoms with van der Waals surface area (Å²) in [7, 11) is 0. The number of carbonyl (C=O) groups is 1. The van der Waals surface area contributed by atoms with Crippen LogP contribution in [0, 0.1) is 0 Å². The van der Waals surface area contributed by atoms with E-state index < -0.39 is 5.60 Å². The summed E-state index contributed by atoms with van der Waals surface area (Å²) in [6.45, 7) is 11.3. The van der Waals surface area contributed by atoms with Gasteiger partial charge in [-0.3, -0.25) is 0 Å². The van der Waals surface area contributed by atoms with E-state index in [-0.39, 0.29) is 6.09 Å². The summed E-state index contributed by atoms with van der Waals surface area (Å²) in [6, 6.07) is 8.86. The summed E-state index contributed by atoms with van der Waals surface area (Å²) in [6.07, 6.45) is 1.91. The molecule has 1 rings (SSSR count). The normalized spacial score (nSPS) is 11.5. The molecule has 1 aromatic rings. The van der Waals surface area contributed by atoms with Gasteiger partial charge in [0.25, 0.3) is 0 Å². The van der Waals surface area contributed by atoms with Crippen molar-refractivity contribution in [2.24, 2.45) is 0 Å². The second kappa shape index (κ2) is 8.79. The van der Waals surface area contributed by atoms with Crippen molar-refractivity contribution in [1.29, 1.82) is 0 Å². The average molecular weight is 306 g/mol. The minimum absolute atomic E-state index is 0.382. The summed E-state index contributed by atoms with van der Waals surface area (Å²) < 4.78 is 5.21. The van der Waals surface area contributed by atoms with Crippen molar-refractivity contribution in [2.45, 2.75) is 72.2 Å². The third-order valence-corrected chi connectivity index (χ3v) is 3.44. The Bertz CT molecular complexity index is 445. The molecule has 0 unspecified atom stereocenters. The fourth-order valence-corrected chi connectivity index (χ4v) is 2.10. The molecule has 0 aliphatic carbocycles. The van der Waals surface area contributed by atoms with Crippen LogP contribution in [-0.2, 0) is 17.8 Å². The van der Waals surface area contributed by atoms with E-state index in [1.165, 1.54) is 5.56 Å². The van der Waals surface area contributed by atoms with Crippen molar-refractivity contribution in [3.8, 4) is 0 Å². The molecule has 0 aliphatic heterocycles. The third kappa shape index (κ3) is 7.46. The summed E-state index contributed by atoms with van der Waals surface area (Å²) >= 11 is 0. The highest BCUT2D eigenvalue weighted by molar-refractivity contribution is 5.67. The van der Waals surface area contributed by atoms with Crippen molar-refractivity contribution in [2.75, 3.05) is 0 Å². The number of alkyl carbamates (subject to hydrolysis) is 1. The van der Waals surface area contributed by atoms with Crippen LogP contribution >= 0.6 is 0 Å². The van der Waals surface area contributed by atoms with Gasteiger partial charge in [-0.15, -0.1) is 0 Å². The van der Waals surface area contributed by atoms with E-state index in [0.29, 0.717) is 12.6 Å². The predicted octanol–water partition coefficient (Wildman–Crippen LogP) is 3.99. The molecule has 2 N–H and O–H groups in total. The number of benzene rings is 1. The molecule has 0 fully saturated rings. The van der Waals surface area contributed by atoms with Gasteiger partial charge in [-0.1, -0.05) is 38.1 Å². The largest absolute Gasteiger partial charge is 0.444 e. The van der Waals surface area contributed by atoms with Crippen LogP contribution in [-0.4, -0.2) is 17.7 Å². The molecule has 0 aromatic heterocycles. The maximum absolute atomic E-state index is 11.6. The SMILES string of the molecule is CCC(CC)NCc1ccc(CNC(=O)OC(C)(C)C)cc1. The fourth-order valence-electron chi connectivity index (χ4n) is 2.10. The Balaban J connectivity index is 2.40. The van der Waals surface area contributed by atoms with Crippen molar-refractivity contribution >= 4 is 6.09 Å². The van der Waals surface area contributed by atoms with Crippen LogP contribution in [0.25, 0.3) is 0 Å². The Labute approximate surface area is 134 Å². The molecular weight excluding hydrogens is 276 g/mol. The van der Waals surface area contributed by atoms with Crippen LogP contribution in [0.1, 0.15) is 58.6 Å². The first-order valence-electron chi connectivity index (χ1n) is 8.12. The molecule has 0 saturated carbocycles. The topological polar surface area (TPSA) is 50.4 Å². The molecule has 22 heavy (non-hydrogen) atoms. The molecule has 4 nitrogen and oxygen atoms in total. The van der Waals surface area contributed by atoms with Crippen molar-refractivity contribution < 1.29 is 9.53 Å².